The molecule has 26 heavy (non-hydrogen) atoms. The SMILES string of the molecule is C#C/C=C\C(=C/C)C1=CC=C(c2ncccc2C)C(C(C=CC)CC)C1. The molecule has 2 rings (SSSR count). The highest BCUT2D eigenvalue weighted by atomic mass is 14.7. The second kappa shape index (κ2) is 9.78. The van der Waals surface area contributed by atoms with Gasteiger partial charge in [0.25, 0.3) is 0 Å². The molecule has 0 saturated heterocycles. The molecular weight excluding hydrogens is 314 g/mol. The summed E-state index contributed by atoms with van der Waals surface area (Å²) in [4.78, 5) is 4.69. The fraction of sp³-hybridized carbons (Fsp3) is 0.320. The van der Waals surface area contributed by atoms with Gasteiger partial charge in [-0.05, 0) is 85.9 Å². The monoisotopic (exact) mass is 343 g/mol. The zero-order valence-corrected chi connectivity index (χ0v) is 16.4. The van der Waals surface area contributed by atoms with Crippen molar-refractivity contribution in [3.63, 3.8) is 0 Å². The molecule has 2 atom stereocenters. The first-order valence-electron chi connectivity index (χ1n) is 9.41. The van der Waals surface area contributed by atoms with Crippen molar-refractivity contribution in [1.82, 2.24) is 4.98 Å². The van der Waals surface area contributed by atoms with Crippen molar-refractivity contribution >= 4 is 5.57 Å². The summed E-state index contributed by atoms with van der Waals surface area (Å²) in [6, 6.07) is 4.15. The summed E-state index contributed by atoms with van der Waals surface area (Å²) in [5.74, 6) is 3.50. The van der Waals surface area contributed by atoms with Crippen molar-refractivity contribution in [3.8, 4) is 12.3 Å². The van der Waals surface area contributed by atoms with E-state index in [1.807, 2.05) is 18.3 Å². The molecule has 1 aliphatic rings. The number of hydrogen-bond acceptors (Lipinski definition) is 1. The third kappa shape index (κ3) is 4.52. The van der Waals surface area contributed by atoms with Crippen LogP contribution < -0.4 is 0 Å². The second-order valence-electron chi connectivity index (χ2n) is 6.64. The smallest absolute Gasteiger partial charge is 0.0693 e. The van der Waals surface area contributed by atoms with Crippen LogP contribution in [0.3, 0.4) is 0 Å². The van der Waals surface area contributed by atoms with Crippen LogP contribution >= 0.6 is 0 Å². The first kappa shape index (κ1) is 19.7. The van der Waals surface area contributed by atoms with Gasteiger partial charge in [0.1, 0.15) is 0 Å². The van der Waals surface area contributed by atoms with Gasteiger partial charge in [0.05, 0.1) is 5.69 Å². The highest BCUT2D eigenvalue weighted by Gasteiger charge is 2.28. The quantitative estimate of drug-likeness (QED) is 0.328. The van der Waals surface area contributed by atoms with Crippen LogP contribution in [0, 0.1) is 31.1 Å². The fourth-order valence-electron chi connectivity index (χ4n) is 3.70. The molecule has 1 heterocycles. The molecule has 1 aromatic rings. The second-order valence-corrected chi connectivity index (χ2v) is 6.64. The van der Waals surface area contributed by atoms with Gasteiger partial charge in [-0.1, -0.05) is 49.3 Å². The summed E-state index contributed by atoms with van der Waals surface area (Å²) in [5, 5.41) is 0. The fourth-order valence-corrected chi connectivity index (χ4v) is 3.70. The van der Waals surface area contributed by atoms with E-state index in [4.69, 9.17) is 11.4 Å². The molecule has 1 heteroatoms. The predicted octanol–water partition coefficient (Wildman–Crippen LogP) is 6.46. The van der Waals surface area contributed by atoms with Gasteiger partial charge in [0.15, 0.2) is 0 Å². The maximum Gasteiger partial charge on any atom is 0.0693 e. The van der Waals surface area contributed by atoms with Crippen molar-refractivity contribution in [2.24, 2.45) is 11.8 Å². The van der Waals surface area contributed by atoms with E-state index >= 15 is 0 Å². The molecule has 2 unspecified atom stereocenters. The number of pyridine rings is 1. The number of terminal acetylenes is 1. The minimum absolute atomic E-state index is 0.416. The molecule has 0 aliphatic heterocycles. The average molecular weight is 344 g/mol. The predicted molar refractivity (Wildman–Crippen MR) is 113 cm³/mol. The van der Waals surface area contributed by atoms with Crippen LogP contribution in [0.25, 0.3) is 5.57 Å². The molecule has 1 aliphatic carbocycles. The van der Waals surface area contributed by atoms with Crippen LogP contribution in [-0.2, 0) is 0 Å². The standard InChI is InChI=1S/C25H29N/c1-6-10-14-20(8-3)22-15-16-23(25-19(5)13-11-17-26-25)24(18-22)21(9-4)12-7-2/h1,7-8,10-17,21,24H,9,18H2,2-5H3/b12-7?,14-10-,20-8+. The lowest BCUT2D eigenvalue weighted by atomic mass is 9.74. The molecule has 0 N–H and O–H groups in total. The van der Waals surface area contributed by atoms with Crippen molar-refractivity contribution in [2.45, 2.75) is 40.5 Å². The van der Waals surface area contributed by atoms with Gasteiger partial charge >= 0.3 is 0 Å². The Bertz CT molecular complexity index is 809. The minimum Gasteiger partial charge on any atom is -0.256 e. The molecule has 0 fully saturated rings. The summed E-state index contributed by atoms with van der Waals surface area (Å²) in [6.45, 7) is 8.57. The Morgan fingerprint density at radius 2 is 2.19 bits per heavy atom. The maximum absolute atomic E-state index is 5.40. The average Bonchev–Trinajstić information content (AvgIpc) is 2.67. The van der Waals surface area contributed by atoms with E-state index in [1.54, 1.807) is 6.08 Å². The number of rotatable bonds is 6. The Morgan fingerprint density at radius 1 is 1.38 bits per heavy atom. The first-order valence-corrected chi connectivity index (χ1v) is 9.41. The molecule has 0 amide bonds. The van der Waals surface area contributed by atoms with Gasteiger partial charge in [0.2, 0.25) is 0 Å². The molecule has 0 aromatic carbocycles. The number of aryl methyl sites for hydroxylation is 1. The van der Waals surface area contributed by atoms with Crippen LogP contribution in [0.2, 0.25) is 0 Å². The molecule has 0 spiro atoms. The Labute approximate surface area is 158 Å². The van der Waals surface area contributed by atoms with Crippen LogP contribution in [-0.4, -0.2) is 4.98 Å². The molecule has 0 radical (unpaired) electrons. The zero-order valence-electron chi connectivity index (χ0n) is 16.4. The lowest BCUT2D eigenvalue weighted by molar-refractivity contribution is 0.468. The van der Waals surface area contributed by atoms with E-state index in [-0.39, 0.29) is 0 Å². The Morgan fingerprint density at radius 3 is 2.81 bits per heavy atom. The topological polar surface area (TPSA) is 12.9 Å². The molecule has 0 saturated carbocycles. The highest BCUT2D eigenvalue weighted by molar-refractivity contribution is 5.72. The van der Waals surface area contributed by atoms with Crippen LogP contribution in [0.15, 0.2) is 72.0 Å². The minimum atomic E-state index is 0.416. The number of allylic oxidation sites excluding steroid dienone is 10. The van der Waals surface area contributed by atoms with E-state index in [2.05, 4.69) is 70.1 Å². The summed E-state index contributed by atoms with van der Waals surface area (Å²) in [5.41, 5.74) is 6.24. The lowest BCUT2D eigenvalue weighted by Crippen LogP contribution is -2.19. The van der Waals surface area contributed by atoms with Gasteiger partial charge in [0, 0.05) is 6.20 Å². The summed E-state index contributed by atoms with van der Waals surface area (Å²) < 4.78 is 0. The van der Waals surface area contributed by atoms with E-state index in [9.17, 15) is 0 Å². The maximum atomic E-state index is 5.40. The highest BCUT2D eigenvalue weighted by Crippen LogP contribution is 2.41. The van der Waals surface area contributed by atoms with E-state index in [0.717, 1.165) is 18.5 Å². The Hall–Kier alpha value is -2.59. The molecule has 1 aromatic heterocycles. The molecular formula is C25H29N. The normalized spacial score (nSPS) is 19.3. The number of hydrogen-bond donors (Lipinski definition) is 0. The van der Waals surface area contributed by atoms with Crippen molar-refractivity contribution in [3.05, 3.63) is 83.3 Å². The van der Waals surface area contributed by atoms with Crippen LogP contribution in [0.1, 0.15) is 44.9 Å². The molecule has 134 valence electrons. The number of nitrogens with zero attached hydrogens (tertiary/aromatic N) is 1. The Kier molecular flexibility index (Phi) is 7.42. The van der Waals surface area contributed by atoms with Gasteiger partial charge in [-0.3, -0.25) is 4.98 Å². The van der Waals surface area contributed by atoms with Crippen molar-refractivity contribution in [1.29, 1.82) is 0 Å². The third-order valence-electron chi connectivity index (χ3n) is 5.06. The summed E-state index contributed by atoms with van der Waals surface area (Å²) >= 11 is 0. The Balaban J connectivity index is 2.52. The summed E-state index contributed by atoms with van der Waals surface area (Å²) in [7, 11) is 0. The van der Waals surface area contributed by atoms with Crippen LogP contribution in [0.5, 0.6) is 0 Å². The van der Waals surface area contributed by atoms with Gasteiger partial charge in [-0.25, -0.2) is 0 Å². The lowest BCUT2D eigenvalue weighted by Gasteiger charge is -2.31. The van der Waals surface area contributed by atoms with Crippen LogP contribution in [0.4, 0.5) is 0 Å². The third-order valence-corrected chi connectivity index (χ3v) is 5.06. The largest absolute Gasteiger partial charge is 0.256 e. The zero-order chi connectivity index (χ0) is 18.9. The first-order chi connectivity index (χ1) is 12.7. The van der Waals surface area contributed by atoms with Crippen molar-refractivity contribution in [2.75, 3.05) is 0 Å². The van der Waals surface area contributed by atoms with Gasteiger partial charge in [-0.2, -0.15) is 0 Å². The van der Waals surface area contributed by atoms with E-state index in [0.29, 0.717) is 11.8 Å². The van der Waals surface area contributed by atoms with Gasteiger partial charge in [-0.15, -0.1) is 6.42 Å². The van der Waals surface area contributed by atoms with Crippen molar-refractivity contribution < 1.29 is 0 Å². The molecule has 1 nitrogen and oxygen atoms in total. The van der Waals surface area contributed by atoms with E-state index < -0.39 is 0 Å². The number of aromatic nitrogens is 1. The summed E-state index contributed by atoms with van der Waals surface area (Å²) in [6.07, 6.45) is 24.3. The van der Waals surface area contributed by atoms with E-state index in [1.165, 1.54) is 22.3 Å². The van der Waals surface area contributed by atoms with Gasteiger partial charge < -0.3 is 0 Å². The molecule has 0 bridgehead atoms.